The molecule has 0 aliphatic heterocycles. The number of hydrogen-bond acceptors (Lipinski definition) is 2. The second kappa shape index (κ2) is 3.89. The highest BCUT2D eigenvalue weighted by Crippen LogP contribution is 2.05. The number of aryl methyl sites for hydroxylation is 1. The Morgan fingerprint density at radius 3 is 2.92 bits per heavy atom. The van der Waals surface area contributed by atoms with E-state index in [1.165, 1.54) is 17.4 Å². The Kier molecular flexibility index (Phi) is 2.84. The second-order valence-electron chi connectivity index (χ2n) is 2.65. The molecule has 1 aromatic heterocycles. The van der Waals surface area contributed by atoms with Crippen LogP contribution in [0.3, 0.4) is 0 Å². The lowest BCUT2D eigenvalue weighted by Crippen LogP contribution is -2.25. The van der Waals surface area contributed by atoms with Crippen molar-refractivity contribution in [3.8, 4) is 0 Å². The first-order valence-corrected chi connectivity index (χ1v) is 4.14. The molecular formula is C9H13N3O. The van der Waals surface area contributed by atoms with E-state index in [4.69, 9.17) is 0 Å². The topological polar surface area (TPSA) is 49.0 Å². The number of amides is 1. The van der Waals surface area contributed by atoms with Crippen LogP contribution in [0.5, 0.6) is 0 Å². The van der Waals surface area contributed by atoms with E-state index in [0.29, 0.717) is 12.2 Å². The Balaban J connectivity index is 2.90. The molecule has 0 radical (unpaired) electrons. The number of aromatic nitrogens is 2. The standard InChI is InChI=1S/C9H13N3O/c1-4-12(5-2)9(13)8-7(3)10-6-11-8/h4,6H,1,5H2,2-3H3,(H,10,11). The van der Waals surface area contributed by atoms with Gasteiger partial charge in [0.1, 0.15) is 5.69 Å². The molecule has 0 aliphatic rings. The van der Waals surface area contributed by atoms with E-state index >= 15 is 0 Å². The Labute approximate surface area is 77.3 Å². The number of hydrogen-bond donors (Lipinski definition) is 1. The van der Waals surface area contributed by atoms with Gasteiger partial charge in [-0.1, -0.05) is 6.58 Å². The van der Waals surface area contributed by atoms with Crippen molar-refractivity contribution in [3.05, 3.63) is 30.5 Å². The van der Waals surface area contributed by atoms with Crippen molar-refractivity contribution in [1.29, 1.82) is 0 Å². The lowest BCUT2D eigenvalue weighted by Gasteiger charge is -2.13. The van der Waals surface area contributed by atoms with Gasteiger partial charge in [-0.15, -0.1) is 0 Å². The van der Waals surface area contributed by atoms with Crippen LogP contribution < -0.4 is 0 Å². The molecule has 1 N–H and O–H groups in total. The summed E-state index contributed by atoms with van der Waals surface area (Å²) in [6, 6.07) is 0. The molecule has 0 aliphatic carbocycles. The monoisotopic (exact) mass is 179 g/mol. The van der Waals surface area contributed by atoms with Crippen molar-refractivity contribution >= 4 is 5.91 Å². The van der Waals surface area contributed by atoms with Gasteiger partial charge in [0.25, 0.3) is 5.91 Å². The fourth-order valence-electron chi connectivity index (χ4n) is 1.07. The molecule has 0 unspecified atom stereocenters. The molecular weight excluding hydrogens is 166 g/mol. The molecule has 1 aromatic rings. The molecule has 70 valence electrons. The van der Waals surface area contributed by atoms with E-state index in [1.807, 2.05) is 13.8 Å². The maximum Gasteiger partial charge on any atom is 0.278 e. The van der Waals surface area contributed by atoms with Crippen molar-refractivity contribution < 1.29 is 4.79 Å². The summed E-state index contributed by atoms with van der Waals surface area (Å²) in [5, 5.41) is 0. The van der Waals surface area contributed by atoms with E-state index in [1.54, 1.807) is 0 Å². The van der Waals surface area contributed by atoms with Gasteiger partial charge < -0.3 is 9.88 Å². The minimum atomic E-state index is -0.115. The Bertz CT molecular complexity index is 316. The molecule has 1 heterocycles. The Hall–Kier alpha value is -1.58. The quantitative estimate of drug-likeness (QED) is 0.760. The van der Waals surface area contributed by atoms with Crippen molar-refractivity contribution in [3.63, 3.8) is 0 Å². The fraction of sp³-hybridized carbons (Fsp3) is 0.333. The van der Waals surface area contributed by atoms with Crippen LogP contribution in [0.25, 0.3) is 0 Å². The fourth-order valence-corrected chi connectivity index (χ4v) is 1.07. The van der Waals surface area contributed by atoms with Gasteiger partial charge in [0.15, 0.2) is 0 Å². The van der Waals surface area contributed by atoms with Crippen molar-refractivity contribution in [1.82, 2.24) is 14.9 Å². The van der Waals surface area contributed by atoms with Crippen LogP contribution in [-0.4, -0.2) is 27.3 Å². The Morgan fingerprint density at radius 1 is 1.85 bits per heavy atom. The van der Waals surface area contributed by atoms with Crippen LogP contribution in [0.1, 0.15) is 23.1 Å². The third-order valence-electron chi connectivity index (χ3n) is 1.85. The lowest BCUT2D eigenvalue weighted by molar-refractivity contribution is 0.0823. The first-order valence-electron chi connectivity index (χ1n) is 4.14. The zero-order valence-corrected chi connectivity index (χ0v) is 7.87. The van der Waals surface area contributed by atoms with Crippen LogP contribution in [0, 0.1) is 6.92 Å². The summed E-state index contributed by atoms with van der Waals surface area (Å²) < 4.78 is 0. The summed E-state index contributed by atoms with van der Waals surface area (Å²) in [6.45, 7) is 7.87. The highest BCUT2D eigenvalue weighted by molar-refractivity contribution is 5.93. The number of imidazole rings is 1. The largest absolute Gasteiger partial charge is 0.348 e. The van der Waals surface area contributed by atoms with Gasteiger partial charge in [0, 0.05) is 12.2 Å². The van der Waals surface area contributed by atoms with Gasteiger partial charge in [-0.2, -0.15) is 0 Å². The third kappa shape index (κ3) is 1.77. The predicted octanol–water partition coefficient (Wildman–Crippen LogP) is 1.32. The number of carbonyl (C=O) groups is 1. The Morgan fingerprint density at radius 2 is 2.54 bits per heavy atom. The second-order valence-corrected chi connectivity index (χ2v) is 2.65. The van der Waals surface area contributed by atoms with Gasteiger partial charge in [-0.3, -0.25) is 4.79 Å². The molecule has 4 nitrogen and oxygen atoms in total. The van der Waals surface area contributed by atoms with Gasteiger partial charge in [0.2, 0.25) is 0 Å². The molecule has 0 atom stereocenters. The van der Waals surface area contributed by atoms with Crippen LogP contribution >= 0.6 is 0 Å². The van der Waals surface area contributed by atoms with Gasteiger partial charge in [-0.05, 0) is 20.0 Å². The van der Waals surface area contributed by atoms with E-state index in [9.17, 15) is 4.79 Å². The molecule has 0 fully saturated rings. The molecule has 13 heavy (non-hydrogen) atoms. The maximum absolute atomic E-state index is 11.7. The number of aromatic amines is 1. The number of H-pyrrole nitrogens is 1. The van der Waals surface area contributed by atoms with E-state index in [2.05, 4.69) is 16.5 Å². The van der Waals surface area contributed by atoms with Crippen LogP contribution in [0.2, 0.25) is 0 Å². The molecule has 1 amide bonds. The zero-order chi connectivity index (χ0) is 9.84. The third-order valence-corrected chi connectivity index (χ3v) is 1.85. The maximum atomic E-state index is 11.7. The number of nitrogens with zero attached hydrogens (tertiary/aromatic N) is 2. The van der Waals surface area contributed by atoms with Crippen molar-refractivity contribution in [2.24, 2.45) is 0 Å². The molecule has 0 bridgehead atoms. The summed E-state index contributed by atoms with van der Waals surface area (Å²) in [7, 11) is 0. The van der Waals surface area contributed by atoms with Gasteiger partial charge >= 0.3 is 0 Å². The normalized spacial score (nSPS) is 9.69. The van der Waals surface area contributed by atoms with Crippen LogP contribution in [-0.2, 0) is 0 Å². The average Bonchev–Trinajstić information content (AvgIpc) is 2.53. The SMILES string of the molecule is C=CN(CC)C(=O)c1nc[nH]c1C. The van der Waals surface area contributed by atoms with E-state index in [0.717, 1.165) is 5.69 Å². The minimum absolute atomic E-state index is 0.115. The predicted molar refractivity (Wildman–Crippen MR) is 50.2 cm³/mol. The summed E-state index contributed by atoms with van der Waals surface area (Å²) in [4.78, 5) is 20.0. The smallest absolute Gasteiger partial charge is 0.278 e. The number of nitrogens with one attached hydrogen (secondary N) is 1. The highest BCUT2D eigenvalue weighted by atomic mass is 16.2. The highest BCUT2D eigenvalue weighted by Gasteiger charge is 2.15. The first kappa shape index (κ1) is 9.51. The molecule has 0 aromatic carbocycles. The van der Waals surface area contributed by atoms with Crippen molar-refractivity contribution in [2.75, 3.05) is 6.54 Å². The molecule has 1 rings (SSSR count). The molecule has 0 saturated heterocycles. The zero-order valence-electron chi connectivity index (χ0n) is 7.87. The average molecular weight is 179 g/mol. The van der Waals surface area contributed by atoms with Gasteiger partial charge in [0.05, 0.1) is 6.33 Å². The lowest BCUT2D eigenvalue weighted by atomic mass is 10.3. The van der Waals surface area contributed by atoms with Crippen molar-refractivity contribution in [2.45, 2.75) is 13.8 Å². The first-order chi connectivity index (χ1) is 6.20. The van der Waals surface area contributed by atoms with E-state index < -0.39 is 0 Å². The number of rotatable bonds is 3. The minimum Gasteiger partial charge on any atom is -0.348 e. The summed E-state index contributed by atoms with van der Waals surface area (Å²) >= 11 is 0. The van der Waals surface area contributed by atoms with E-state index in [-0.39, 0.29) is 5.91 Å². The van der Waals surface area contributed by atoms with Crippen LogP contribution in [0.15, 0.2) is 19.1 Å². The summed E-state index contributed by atoms with van der Waals surface area (Å²) in [5.74, 6) is -0.115. The summed E-state index contributed by atoms with van der Waals surface area (Å²) in [5.41, 5.74) is 1.24. The summed E-state index contributed by atoms with van der Waals surface area (Å²) in [6.07, 6.45) is 3.02. The molecule has 0 spiro atoms. The van der Waals surface area contributed by atoms with Gasteiger partial charge in [-0.25, -0.2) is 4.98 Å². The molecule has 4 heteroatoms. The van der Waals surface area contributed by atoms with Crippen LogP contribution in [0.4, 0.5) is 0 Å². The number of carbonyl (C=O) groups excluding carboxylic acids is 1. The molecule has 0 saturated carbocycles.